The topological polar surface area (TPSA) is 103 Å². The van der Waals surface area contributed by atoms with Crippen molar-refractivity contribution in [3.63, 3.8) is 0 Å². The van der Waals surface area contributed by atoms with Gasteiger partial charge in [0.2, 0.25) is 5.88 Å². The maximum Gasteiger partial charge on any atom is 0.416 e. The number of benzene rings is 2. The number of carbonyl (C=O) groups excluding carboxylic acids is 1. The molecule has 2 aromatic carbocycles. The van der Waals surface area contributed by atoms with Crippen LogP contribution >= 0.6 is 0 Å². The molecule has 0 saturated carbocycles. The van der Waals surface area contributed by atoms with Crippen molar-refractivity contribution in [3.05, 3.63) is 71.2 Å². The molecule has 2 N–H and O–H groups in total. The molecule has 220 valence electrons. The van der Waals surface area contributed by atoms with E-state index in [9.17, 15) is 18.0 Å². The van der Waals surface area contributed by atoms with Crippen molar-refractivity contribution < 1.29 is 22.7 Å². The summed E-state index contributed by atoms with van der Waals surface area (Å²) in [6, 6.07) is 9.24. The zero-order chi connectivity index (χ0) is 29.3. The van der Waals surface area contributed by atoms with E-state index >= 15 is 0 Å². The molecule has 2 aliphatic rings. The number of aromatic nitrogens is 4. The zero-order valence-electron chi connectivity index (χ0n) is 23.1. The van der Waals surface area contributed by atoms with Gasteiger partial charge in [-0.3, -0.25) is 10.00 Å². The van der Waals surface area contributed by atoms with Gasteiger partial charge in [0.15, 0.2) is 5.65 Å². The normalized spacial score (nSPS) is 16.4. The average Bonchev–Trinajstić information content (AvgIpc) is 3.47. The molecule has 0 atom stereocenters. The van der Waals surface area contributed by atoms with E-state index in [1.54, 1.807) is 17.2 Å². The highest BCUT2D eigenvalue weighted by molar-refractivity contribution is 5.89. The molecule has 0 bridgehead atoms. The lowest BCUT2D eigenvalue weighted by molar-refractivity contribution is -0.138. The summed E-state index contributed by atoms with van der Waals surface area (Å²) in [7, 11) is 0. The molecular weight excluding hydrogens is 549 g/mol. The van der Waals surface area contributed by atoms with Crippen LogP contribution in [0.4, 0.5) is 23.7 Å². The Kier molecular flexibility index (Phi) is 7.69. The lowest BCUT2D eigenvalue weighted by Gasteiger charge is -2.34. The number of piperazine rings is 1. The Morgan fingerprint density at radius 1 is 1.02 bits per heavy atom. The van der Waals surface area contributed by atoms with Crippen LogP contribution < -0.4 is 10.1 Å². The Hall–Kier alpha value is -4.23. The van der Waals surface area contributed by atoms with Crippen molar-refractivity contribution >= 4 is 22.8 Å². The number of H-pyrrole nitrogens is 1. The first-order valence-corrected chi connectivity index (χ1v) is 13.9. The molecule has 2 aliphatic heterocycles. The minimum Gasteiger partial charge on any atom is -0.438 e. The summed E-state index contributed by atoms with van der Waals surface area (Å²) in [6.45, 7) is 7.09. The fourth-order valence-electron chi connectivity index (χ4n) is 5.47. The van der Waals surface area contributed by atoms with Crippen LogP contribution in [0.15, 0.2) is 48.9 Å². The predicted octanol–water partition coefficient (Wildman–Crippen LogP) is 4.89. The number of amides is 2. The molecule has 0 aliphatic carbocycles. The zero-order valence-corrected chi connectivity index (χ0v) is 23.1. The highest BCUT2D eigenvalue weighted by Crippen LogP contribution is 2.35. The van der Waals surface area contributed by atoms with Crippen molar-refractivity contribution in [1.82, 2.24) is 34.9 Å². The molecule has 42 heavy (non-hydrogen) atoms. The largest absolute Gasteiger partial charge is 0.438 e. The summed E-state index contributed by atoms with van der Waals surface area (Å²) >= 11 is 0. The average molecular weight is 581 g/mol. The standard InChI is InChI=1S/C29H31F3N8O2/c1-2-38-9-11-39(12-10-38)16-20-3-5-22(14-25(20)29(30,31)32)36-28(41)40-8-7-19-4-6-23(13-21(19)17-40)42-27-24-15-35-37-26(24)33-18-34-27/h3-6,13-15,18H,2,7-12,16-17H2,1H3,(H,36,41)(H,33,34,35,37). The van der Waals surface area contributed by atoms with E-state index in [1.807, 2.05) is 23.1 Å². The SMILES string of the molecule is CCN1CCN(Cc2ccc(NC(=O)N3CCc4ccc(Oc5ncnc6[nH]ncc56)cc4C3)cc2C(F)(F)F)CC1. The van der Waals surface area contributed by atoms with Crippen LogP contribution in [0.5, 0.6) is 11.6 Å². The number of fused-ring (bicyclic) bond motifs is 2. The van der Waals surface area contributed by atoms with Crippen molar-refractivity contribution in [2.75, 3.05) is 44.6 Å². The van der Waals surface area contributed by atoms with E-state index in [0.717, 1.165) is 49.9 Å². The van der Waals surface area contributed by atoms with Crippen molar-refractivity contribution in [2.45, 2.75) is 32.6 Å². The fourth-order valence-corrected chi connectivity index (χ4v) is 5.47. The molecule has 0 spiro atoms. The molecular formula is C29H31F3N8O2. The second-order valence-corrected chi connectivity index (χ2v) is 10.5. The Bertz CT molecular complexity index is 1580. The second-order valence-electron chi connectivity index (χ2n) is 10.5. The molecule has 4 heterocycles. The summed E-state index contributed by atoms with van der Waals surface area (Å²) in [4.78, 5) is 27.4. The Balaban J connectivity index is 1.13. The van der Waals surface area contributed by atoms with Gasteiger partial charge in [-0.05, 0) is 53.9 Å². The molecule has 1 saturated heterocycles. The summed E-state index contributed by atoms with van der Waals surface area (Å²) < 4.78 is 48.1. The number of nitrogens with one attached hydrogen (secondary N) is 2. The number of carbonyl (C=O) groups is 1. The van der Waals surface area contributed by atoms with Gasteiger partial charge in [-0.2, -0.15) is 18.3 Å². The summed E-state index contributed by atoms with van der Waals surface area (Å²) in [5.74, 6) is 0.893. The number of hydrogen-bond acceptors (Lipinski definition) is 7. The van der Waals surface area contributed by atoms with Crippen LogP contribution in [0.2, 0.25) is 0 Å². The Morgan fingerprint density at radius 2 is 1.83 bits per heavy atom. The van der Waals surface area contributed by atoms with Crippen molar-refractivity contribution in [3.8, 4) is 11.6 Å². The summed E-state index contributed by atoms with van der Waals surface area (Å²) in [5.41, 5.74) is 2.12. The van der Waals surface area contributed by atoms with Gasteiger partial charge in [-0.1, -0.05) is 19.1 Å². The molecule has 0 radical (unpaired) electrons. The third kappa shape index (κ3) is 6.02. The Morgan fingerprint density at radius 3 is 2.62 bits per heavy atom. The third-order valence-electron chi connectivity index (χ3n) is 7.88. The van der Waals surface area contributed by atoms with E-state index in [2.05, 4.69) is 37.3 Å². The molecule has 2 aromatic heterocycles. The van der Waals surface area contributed by atoms with Crippen LogP contribution in [-0.4, -0.2) is 80.2 Å². The number of rotatable bonds is 6. The molecule has 13 heteroatoms. The highest BCUT2D eigenvalue weighted by atomic mass is 19.4. The maximum absolute atomic E-state index is 14.0. The maximum atomic E-state index is 14.0. The number of hydrogen-bond donors (Lipinski definition) is 2. The number of alkyl halides is 3. The van der Waals surface area contributed by atoms with Gasteiger partial charge in [-0.25, -0.2) is 14.8 Å². The number of urea groups is 1. The van der Waals surface area contributed by atoms with Gasteiger partial charge in [0.1, 0.15) is 17.5 Å². The van der Waals surface area contributed by atoms with Crippen molar-refractivity contribution in [1.29, 1.82) is 0 Å². The Labute approximate surface area is 240 Å². The number of aromatic amines is 1. The van der Waals surface area contributed by atoms with Gasteiger partial charge >= 0.3 is 12.2 Å². The van der Waals surface area contributed by atoms with E-state index < -0.39 is 17.8 Å². The monoisotopic (exact) mass is 580 g/mol. The van der Waals surface area contributed by atoms with E-state index in [1.165, 1.54) is 12.4 Å². The molecule has 1 fully saturated rings. The van der Waals surface area contributed by atoms with E-state index in [4.69, 9.17) is 4.74 Å². The summed E-state index contributed by atoms with van der Waals surface area (Å²) in [5, 5.41) is 10.1. The lowest BCUT2D eigenvalue weighted by Crippen LogP contribution is -2.45. The number of ether oxygens (including phenoxy) is 1. The molecule has 4 aromatic rings. The molecule has 10 nitrogen and oxygen atoms in total. The van der Waals surface area contributed by atoms with E-state index in [-0.39, 0.29) is 24.3 Å². The van der Waals surface area contributed by atoms with Gasteiger partial charge in [-0.15, -0.1) is 0 Å². The van der Waals surface area contributed by atoms with Gasteiger partial charge < -0.3 is 19.9 Å². The second kappa shape index (κ2) is 11.6. The molecule has 0 unspecified atom stereocenters. The minimum absolute atomic E-state index is 0.114. The molecule has 6 rings (SSSR count). The highest BCUT2D eigenvalue weighted by Gasteiger charge is 2.34. The fraction of sp³-hybridized carbons (Fsp3) is 0.379. The number of halogens is 3. The first-order valence-electron chi connectivity index (χ1n) is 13.9. The smallest absolute Gasteiger partial charge is 0.416 e. The number of nitrogens with zero attached hydrogens (tertiary/aromatic N) is 6. The predicted molar refractivity (Wildman–Crippen MR) is 150 cm³/mol. The first-order chi connectivity index (χ1) is 20.3. The van der Waals surface area contributed by atoms with Gasteiger partial charge in [0.05, 0.1) is 11.8 Å². The van der Waals surface area contributed by atoms with Crippen LogP contribution in [0.3, 0.4) is 0 Å². The first kappa shape index (κ1) is 27.9. The van der Waals surface area contributed by atoms with Crippen LogP contribution in [0, 0.1) is 0 Å². The third-order valence-corrected chi connectivity index (χ3v) is 7.88. The number of likely N-dealkylation sites (N-methyl/N-ethyl adjacent to an activating group) is 1. The van der Waals surface area contributed by atoms with Crippen LogP contribution in [0.25, 0.3) is 11.0 Å². The molecule has 2 amide bonds. The van der Waals surface area contributed by atoms with Crippen LogP contribution in [0.1, 0.15) is 29.2 Å². The van der Waals surface area contributed by atoms with E-state index in [0.29, 0.717) is 35.6 Å². The van der Waals surface area contributed by atoms with Gasteiger partial charge in [0, 0.05) is 51.5 Å². The van der Waals surface area contributed by atoms with Crippen LogP contribution in [-0.2, 0) is 25.7 Å². The number of anilines is 1. The quantitative estimate of drug-likeness (QED) is 0.335. The minimum atomic E-state index is -4.53. The lowest BCUT2D eigenvalue weighted by atomic mass is 9.99. The van der Waals surface area contributed by atoms with Gasteiger partial charge in [0.25, 0.3) is 0 Å². The summed E-state index contributed by atoms with van der Waals surface area (Å²) in [6.07, 6.45) is -0.960. The van der Waals surface area contributed by atoms with Crippen molar-refractivity contribution in [2.24, 2.45) is 0 Å².